The van der Waals surface area contributed by atoms with Crippen molar-refractivity contribution in [2.75, 3.05) is 6.54 Å². The van der Waals surface area contributed by atoms with Crippen molar-refractivity contribution in [3.63, 3.8) is 0 Å². The Kier molecular flexibility index (Phi) is 4.63. The van der Waals surface area contributed by atoms with E-state index in [0.717, 1.165) is 25.1 Å². The topological polar surface area (TPSA) is 32.3 Å². The average Bonchev–Trinajstić information content (AvgIpc) is 2.23. The molecule has 1 aromatic carbocycles. The second-order valence-electron chi connectivity index (χ2n) is 4.91. The van der Waals surface area contributed by atoms with E-state index in [4.69, 9.17) is 11.6 Å². The fourth-order valence-corrected chi connectivity index (χ4v) is 1.53. The van der Waals surface area contributed by atoms with Gasteiger partial charge in [0.05, 0.1) is 5.02 Å². The zero-order valence-electron chi connectivity index (χ0n) is 10.2. The summed E-state index contributed by atoms with van der Waals surface area (Å²) in [6.07, 6.45) is 1.15. The monoisotopic (exact) mass is 241 g/mol. The van der Waals surface area contributed by atoms with Crippen LogP contribution in [0.2, 0.25) is 5.02 Å². The number of rotatable bonds is 5. The normalized spacial score (nSPS) is 11.8. The van der Waals surface area contributed by atoms with Gasteiger partial charge >= 0.3 is 0 Å². The van der Waals surface area contributed by atoms with Crippen molar-refractivity contribution in [2.24, 2.45) is 5.41 Å². The number of nitrogens with one attached hydrogen (secondary N) is 1. The molecule has 0 aliphatic heterocycles. The molecule has 1 rings (SSSR count). The van der Waals surface area contributed by atoms with E-state index in [1.54, 1.807) is 12.1 Å². The smallest absolute Gasteiger partial charge is 0.134 e. The molecule has 0 aliphatic rings. The lowest BCUT2D eigenvalue weighted by Crippen LogP contribution is -2.28. The van der Waals surface area contributed by atoms with Crippen LogP contribution in [0, 0.1) is 5.41 Å². The third-order valence-corrected chi connectivity index (χ3v) is 3.20. The van der Waals surface area contributed by atoms with Crippen molar-refractivity contribution in [1.29, 1.82) is 0 Å². The minimum Gasteiger partial charge on any atom is -0.506 e. The molecule has 0 saturated heterocycles. The molecule has 0 atom stereocenters. The van der Waals surface area contributed by atoms with Crippen molar-refractivity contribution < 1.29 is 5.11 Å². The molecule has 0 aliphatic carbocycles. The third-order valence-electron chi connectivity index (χ3n) is 2.90. The number of benzene rings is 1. The number of hydrogen-bond donors (Lipinski definition) is 2. The Morgan fingerprint density at radius 3 is 2.62 bits per heavy atom. The van der Waals surface area contributed by atoms with Crippen LogP contribution in [-0.2, 0) is 6.54 Å². The molecule has 0 amide bonds. The van der Waals surface area contributed by atoms with Crippen LogP contribution in [0.5, 0.6) is 5.75 Å². The first-order chi connectivity index (χ1) is 7.44. The first-order valence-corrected chi connectivity index (χ1v) is 6.00. The number of halogens is 1. The number of aromatic hydroxyl groups is 1. The van der Waals surface area contributed by atoms with Gasteiger partial charge in [0.2, 0.25) is 0 Å². The van der Waals surface area contributed by atoms with Gasteiger partial charge in [-0.05, 0) is 29.5 Å². The summed E-state index contributed by atoms with van der Waals surface area (Å²) in [5.41, 5.74) is 1.41. The van der Waals surface area contributed by atoms with E-state index in [1.807, 2.05) is 6.07 Å². The molecule has 0 saturated carbocycles. The van der Waals surface area contributed by atoms with Crippen molar-refractivity contribution in [3.8, 4) is 5.75 Å². The highest BCUT2D eigenvalue weighted by Crippen LogP contribution is 2.24. The molecule has 2 N–H and O–H groups in total. The standard InChI is InChI=1S/C13H20ClNO/c1-4-13(2,3)9-15-8-10-5-6-12(16)11(14)7-10/h5-7,15-16H,4,8-9H2,1-3H3. The Labute approximate surface area is 103 Å². The summed E-state index contributed by atoms with van der Waals surface area (Å²) in [4.78, 5) is 0. The van der Waals surface area contributed by atoms with Crippen molar-refractivity contribution >= 4 is 11.6 Å². The van der Waals surface area contributed by atoms with E-state index in [2.05, 4.69) is 26.1 Å². The van der Waals surface area contributed by atoms with Crippen LogP contribution < -0.4 is 5.32 Å². The first kappa shape index (κ1) is 13.3. The largest absolute Gasteiger partial charge is 0.506 e. The average molecular weight is 242 g/mol. The van der Waals surface area contributed by atoms with Crippen LogP contribution in [0.1, 0.15) is 32.8 Å². The maximum Gasteiger partial charge on any atom is 0.134 e. The third kappa shape index (κ3) is 4.03. The van der Waals surface area contributed by atoms with Crippen molar-refractivity contribution in [3.05, 3.63) is 28.8 Å². The maximum atomic E-state index is 9.28. The summed E-state index contributed by atoms with van der Waals surface area (Å²) in [7, 11) is 0. The first-order valence-electron chi connectivity index (χ1n) is 5.63. The SMILES string of the molecule is CCC(C)(C)CNCc1ccc(O)c(Cl)c1. The lowest BCUT2D eigenvalue weighted by atomic mass is 9.90. The number of phenols is 1. The minimum absolute atomic E-state index is 0.138. The van der Waals surface area contributed by atoms with Gasteiger partial charge < -0.3 is 10.4 Å². The van der Waals surface area contributed by atoms with Crippen LogP contribution in [0.15, 0.2) is 18.2 Å². The molecule has 1 aromatic rings. The second kappa shape index (κ2) is 5.55. The molecule has 0 heterocycles. The predicted octanol–water partition coefficient (Wildman–Crippen LogP) is 3.57. The van der Waals surface area contributed by atoms with Crippen LogP contribution in [0.25, 0.3) is 0 Å². The molecule has 90 valence electrons. The summed E-state index contributed by atoms with van der Waals surface area (Å²) in [6.45, 7) is 8.43. The highest BCUT2D eigenvalue weighted by atomic mass is 35.5. The van der Waals surface area contributed by atoms with Gasteiger partial charge in [-0.3, -0.25) is 0 Å². The van der Waals surface area contributed by atoms with E-state index in [1.165, 1.54) is 0 Å². The molecule has 0 unspecified atom stereocenters. The van der Waals surface area contributed by atoms with Gasteiger partial charge in [-0.1, -0.05) is 38.4 Å². The molecule has 0 bridgehead atoms. The summed E-state index contributed by atoms with van der Waals surface area (Å²) >= 11 is 5.83. The lowest BCUT2D eigenvalue weighted by Gasteiger charge is -2.23. The Morgan fingerprint density at radius 1 is 1.38 bits per heavy atom. The lowest BCUT2D eigenvalue weighted by molar-refractivity contribution is 0.327. The zero-order chi connectivity index (χ0) is 12.2. The predicted molar refractivity (Wildman–Crippen MR) is 68.9 cm³/mol. The quantitative estimate of drug-likeness (QED) is 0.826. The Hall–Kier alpha value is -0.730. The van der Waals surface area contributed by atoms with E-state index in [-0.39, 0.29) is 5.75 Å². The Morgan fingerprint density at radius 2 is 2.06 bits per heavy atom. The highest BCUT2D eigenvalue weighted by molar-refractivity contribution is 6.32. The second-order valence-corrected chi connectivity index (χ2v) is 5.31. The number of phenolic OH excluding ortho intramolecular Hbond substituents is 1. The highest BCUT2D eigenvalue weighted by Gasteiger charge is 2.13. The number of hydrogen-bond acceptors (Lipinski definition) is 2. The molecular weight excluding hydrogens is 222 g/mol. The fraction of sp³-hybridized carbons (Fsp3) is 0.538. The fourth-order valence-electron chi connectivity index (χ4n) is 1.33. The summed E-state index contributed by atoms with van der Waals surface area (Å²) < 4.78 is 0. The van der Waals surface area contributed by atoms with Gasteiger partial charge in [-0.15, -0.1) is 0 Å². The van der Waals surface area contributed by atoms with E-state index >= 15 is 0 Å². The molecule has 0 fully saturated rings. The Bertz CT molecular complexity index is 350. The molecule has 3 heteroatoms. The van der Waals surface area contributed by atoms with Gasteiger partial charge in [-0.25, -0.2) is 0 Å². The van der Waals surface area contributed by atoms with E-state index in [0.29, 0.717) is 10.4 Å². The molecule has 0 aromatic heterocycles. The van der Waals surface area contributed by atoms with Gasteiger partial charge in [0.25, 0.3) is 0 Å². The van der Waals surface area contributed by atoms with Crippen LogP contribution >= 0.6 is 11.6 Å². The van der Waals surface area contributed by atoms with Crippen molar-refractivity contribution in [1.82, 2.24) is 5.32 Å². The van der Waals surface area contributed by atoms with E-state index in [9.17, 15) is 5.11 Å². The molecule has 0 spiro atoms. The van der Waals surface area contributed by atoms with Gasteiger partial charge in [0.15, 0.2) is 0 Å². The van der Waals surface area contributed by atoms with Crippen LogP contribution in [0.3, 0.4) is 0 Å². The zero-order valence-corrected chi connectivity index (χ0v) is 10.9. The molecular formula is C13H20ClNO. The van der Waals surface area contributed by atoms with Crippen LogP contribution in [0.4, 0.5) is 0 Å². The maximum absolute atomic E-state index is 9.28. The summed E-state index contributed by atoms with van der Waals surface area (Å²) in [6, 6.07) is 5.31. The minimum atomic E-state index is 0.138. The summed E-state index contributed by atoms with van der Waals surface area (Å²) in [5, 5.41) is 13.1. The molecule has 2 nitrogen and oxygen atoms in total. The van der Waals surface area contributed by atoms with Gasteiger partial charge in [-0.2, -0.15) is 0 Å². The van der Waals surface area contributed by atoms with E-state index < -0.39 is 0 Å². The molecule has 0 radical (unpaired) electrons. The summed E-state index contributed by atoms with van der Waals surface area (Å²) in [5.74, 6) is 0.138. The van der Waals surface area contributed by atoms with Gasteiger partial charge in [0, 0.05) is 13.1 Å². The van der Waals surface area contributed by atoms with Crippen LogP contribution in [-0.4, -0.2) is 11.7 Å². The van der Waals surface area contributed by atoms with Gasteiger partial charge in [0.1, 0.15) is 5.75 Å². The molecule has 16 heavy (non-hydrogen) atoms. The van der Waals surface area contributed by atoms with Crippen molar-refractivity contribution in [2.45, 2.75) is 33.7 Å². The Balaban J connectivity index is 2.46.